The number of aromatic nitrogens is 4. The van der Waals surface area contributed by atoms with Gasteiger partial charge in [0.15, 0.2) is 0 Å². The van der Waals surface area contributed by atoms with E-state index in [1.165, 1.54) is 5.56 Å². The van der Waals surface area contributed by atoms with Gasteiger partial charge in [-0.25, -0.2) is 17.7 Å². The molecule has 0 bridgehead atoms. The maximum absolute atomic E-state index is 12.9. The molecule has 0 amide bonds. The lowest BCUT2D eigenvalue weighted by Gasteiger charge is -2.23. The number of pyridine rings is 1. The fourth-order valence-corrected chi connectivity index (χ4v) is 6.29. The van der Waals surface area contributed by atoms with Crippen molar-refractivity contribution < 1.29 is 12.9 Å². The Morgan fingerprint density at radius 3 is 2.62 bits per heavy atom. The van der Waals surface area contributed by atoms with Crippen molar-refractivity contribution in [1.82, 2.24) is 24.4 Å². The highest BCUT2D eigenvalue weighted by molar-refractivity contribution is 7.89. The summed E-state index contributed by atoms with van der Waals surface area (Å²) in [5, 5.41) is 5.07. The number of fused-ring (bicyclic) bond motifs is 1. The van der Waals surface area contributed by atoms with Crippen molar-refractivity contribution in [3.05, 3.63) is 65.7 Å². The van der Waals surface area contributed by atoms with Gasteiger partial charge in [-0.05, 0) is 37.5 Å². The minimum absolute atomic E-state index is 0.193. The van der Waals surface area contributed by atoms with Gasteiger partial charge in [0.05, 0.1) is 5.75 Å². The molecule has 5 rings (SSSR count). The van der Waals surface area contributed by atoms with E-state index in [4.69, 9.17) is 14.5 Å². The highest BCUT2D eigenvalue weighted by atomic mass is 32.2. The van der Waals surface area contributed by atoms with Crippen LogP contribution in [0.25, 0.3) is 22.4 Å². The smallest absolute Gasteiger partial charge is 0.263 e. The normalized spacial score (nSPS) is 15.2. The average Bonchev–Trinajstić information content (AvgIpc) is 3.16. The molecule has 194 valence electrons. The Hall–Kier alpha value is -3.37. The molecular weight excluding hydrogens is 488 g/mol. The molecule has 9 nitrogen and oxygen atoms in total. The number of nitrogens with zero attached hydrogens (tertiary/aromatic N) is 6. The molecule has 0 spiro atoms. The van der Waals surface area contributed by atoms with E-state index in [2.05, 4.69) is 46.2 Å². The summed E-state index contributed by atoms with van der Waals surface area (Å²) in [5.41, 5.74) is 4.17. The summed E-state index contributed by atoms with van der Waals surface area (Å²) in [6.07, 6.45) is 6.24. The van der Waals surface area contributed by atoms with Gasteiger partial charge in [-0.3, -0.25) is 4.98 Å². The van der Waals surface area contributed by atoms with Crippen molar-refractivity contribution in [2.75, 3.05) is 36.8 Å². The third-order valence-corrected chi connectivity index (χ3v) is 8.64. The van der Waals surface area contributed by atoms with Crippen LogP contribution < -0.4 is 4.90 Å². The van der Waals surface area contributed by atoms with Crippen LogP contribution in [-0.4, -0.2) is 64.8 Å². The van der Waals surface area contributed by atoms with Crippen molar-refractivity contribution in [3.8, 4) is 11.3 Å². The number of benzene rings is 1. The molecule has 1 aromatic carbocycles. The van der Waals surface area contributed by atoms with E-state index in [0.29, 0.717) is 62.7 Å². The van der Waals surface area contributed by atoms with Gasteiger partial charge in [-0.15, -0.1) is 0 Å². The first kappa shape index (κ1) is 25.3. The molecule has 1 aliphatic heterocycles. The zero-order valence-electron chi connectivity index (χ0n) is 21.3. The van der Waals surface area contributed by atoms with E-state index in [-0.39, 0.29) is 5.75 Å². The Morgan fingerprint density at radius 1 is 1.03 bits per heavy atom. The number of sulfonamides is 1. The molecule has 0 N–H and O–H groups in total. The van der Waals surface area contributed by atoms with E-state index < -0.39 is 10.0 Å². The maximum Gasteiger partial charge on any atom is 0.263 e. The summed E-state index contributed by atoms with van der Waals surface area (Å²) in [4.78, 5) is 16.1. The van der Waals surface area contributed by atoms with Crippen molar-refractivity contribution in [2.45, 2.75) is 39.5 Å². The molecule has 0 saturated carbocycles. The summed E-state index contributed by atoms with van der Waals surface area (Å²) >= 11 is 0. The van der Waals surface area contributed by atoms with Crippen molar-refractivity contribution in [1.29, 1.82) is 0 Å². The average molecular weight is 521 g/mol. The Labute approximate surface area is 217 Å². The minimum Gasteiger partial charge on any atom is -0.354 e. The highest BCUT2D eigenvalue weighted by Crippen LogP contribution is 2.34. The molecule has 1 aliphatic rings. The second-order valence-electron chi connectivity index (χ2n) is 9.49. The van der Waals surface area contributed by atoms with Crippen LogP contribution in [0.15, 0.2) is 53.3 Å². The lowest BCUT2D eigenvalue weighted by atomic mass is 10.1. The number of hydrogen-bond donors (Lipinski definition) is 0. The van der Waals surface area contributed by atoms with Gasteiger partial charge in [-0.1, -0.05) is 48.3 Å². The molecule has 0 radical (unpaired) electrons. The Bertz CT molecular complexity index is 1460. The van der Waals surface area contributed by atoms with E-state index in [1.807, 2.05) is 19.1 Å². The summed E-state index contributed by atoms with van der Waals surface area (Å²) in [5.74, 6) is 1.55. The van der Waals surface area contributed by atoms with Crippen LogP contribution in [0, 0.1) is 6.92 Å². The molecular formula is C27H32N6O3S. The zero-order chi connectivity index (χ0) is 25.8. The third kappa shape index (κ3) is 5.65. The van der Waals surface area contributed by atoms with E-state index >= 15 is 0 Å². The van der Waals surface area contributed by atoms with Gasteiger partial charge < -0.3 is 9.42 Å². The van der Waals surface area contributed by atoms with Crippen LogP contribution in [0.4, 0.5) is 5.82 Å². The molecule has 0 atom stereocenters. The van der Waals surface area contributed by atoms with Gasteiger partial charge in [0.1, 0.15) is 22.7 Å². The molecule has 10 heteroatoms. The standard InChI is InChI=1S/C27H32N6O3S/c1-3-4-17-37(34,35)33-14-6-13-32(15-16-33)26-24-25(22-7-5-12-28-19-22)31-36-27(24)30-23(29-26)18-21-10-8-20(2)9-11-21/h5,7-12,19H,3-4,6,13-18H2,1-2H3. The number of hydrogen-bond acceptors (Lipinski definition) is 8. The Balaban J connectivity index is 1.52. The summed E-state index contributed by atoms with van der Waals surface area (Å²) in [7, 11) is -3.27. The fourth-order valence-electron chi connectivity index (χ4n) is 4.62. The Morgan fingerprint density at radius 2 is 1.86 bits per heavy atom. The molecule has 1 saturated heterocycles. The molecule has 4 heterocycles. The molecule has 0 aliphatic carbocycles. The molecule has 3 aromatic heterocycles. The zero-order valence-corrected chi connectivity index (χ0v) is 22.1. The topological polar surface area (TPSA) is 105 Å². The van der Waals surface area contributed by atoms with Crippen LogP contribution >= 0.6 is 0 Å². The van der Waals surface area contributed by atoms with Gasteiger partial charge in [0.2, 0.25) is 10.0 Å². The Kier molecular flexibility index (Phi) is 7.48. The maximum atomic E-state index is 12.9. The largest absolute Gasteiger partial charge is 0.354 e. The first-order valence-electron chi connectivity index (χ1n) is 12.8. The van der Waals surface area contributed by atoms with E-state index in [1.54, 1.807) is 16.7 Å². The van der Waals surface area contributed by atoms with Crippen LogP contribution in [-0.2, 0) is 16.4 Å². The quantitative estimate of drug-likeness (QED) is 0.340. The predicted octanol–water partition coefficient (Wildman–Crippen LogP) is 4.22. The van der Waals surface area contributed by atoms with Gasteiger partial charge in [0, 0.05) is 50.6 Å². The summed E-state index contributed by atoms with van der Waals surface area (Å²) in [6.45, 7) is 6.19. The molecule has 4 aromatic rings. The lowest BCUT2D eigenvalue weighted by molar-refractivity contribution is 0.432. The lowest BCUT2D eigenvalue weighted by Crippen LogP contribution is -2.36. The van der Waals surface area contributed by atoms with Gasteiger partial charge >= 0.3 is 0 Å². The fraction of sp³-hybridized carbons (Fsp3) is 0.407. The minimum atomic E-state index is -3.27. The first-order valence-corrected chi connectivity index (χ1v) is 14.4. The van der Waals surface area contributed by atoms with Gasteiger partial charge in [-0.2, -0.15) is 4.98 Å². The van der Waals surface area contributed by atoms with Crippen LogP contribution in [0.3, 0.4) is 0 Å². The van der Waals surface area contributed by atoms with Crippen molar-refractivity contribution >= 4 is 26.9 Å². The van der Waals surface area contributed by atoms with Gasteiger partial charge in [0.25, 0.3) is 5.71 Å². The number of rotatable bonds is 8. The molecule has 37 heavy (non-hydrogen) atoms. The molecule has 0 unspecified atom stereocenters. The van der Waals surface area contributed by atoms with E-state index in [9.17, 15) is 8.42 Å². The van der Waals surface area contributed by atoms with Crippen LogP contribution in [0.1, 0.15) is 43.1 Å². The van der Waals surface area contributed by atoms with Crippen LogP contribution in [0.2, 0.25) is 0 Å². The van der Waals surface area contributed by atoms with Crippen molar-refractivity contribution in [3.63, 3.8) is 0 Å². The van der Waals surface area contributed by atoms with Crippen molar-refractivity contribution in [2.24, 2.45) is 0 Å². The highest BCUT2D eigenvalue weighted by Gasteiger charge is 2.28. The third-order valence-electron chi connectivity index (χ3n) is 6.68. The number of aryl methyl sites for hydroxylation is 1. The second kappa shape index (κ2) is 10.9. The summed E-state index contributed by atoms with van der Waals surface area (Å²) < 4.78 is 33.1. The second-order valence-corrected chi connectivity index (χ2v) is 11.6. The monoisotopic (exact) mass is 520 g/mol. The number of unbranched alkanes of at least 4 members (excludes halogenated alkanes) is 1. The van der Waals surface area contributed by atoms with Crippen LogP contribution in [0.5, 0.6) is 0 Å². The predicted molar refractivity (Wildman–Crippen MR) is 144 cm³/mol. The first-order chi connectivity index (χ1) is 17.9. The van der Waals surface area contributed by atoms with E-state index in [0.717, 1.165) is 28.8 Å². The SMILES string of the molecule is CCCCS(=O)(=O)N1CCCN(c2nc(Cc3ccc(C)cc3)nc3onc(-c4cccnc4)c23)CC1. The molecule has 1 fully saturated rings. The summed E-state index contributed by atoms with van der Waals surface area (Å²) in [6, 6.07) is 12.1. The number of anilines is 1.